The number of aryl methyl sites for hydroxylation is 1. The van der Waals surface area contributed by atoms with Crippen LogP contribution in [0.15, 0.2) is 94.8 Å². The average Bonchev–Trinajstić information content (AvgIpc) is 2.95. The molecule has 0 amide bonds. The molecule has 0 aliphatic rings. The summed E-state index contributed by atoms with van der Waals surface area (Å²) >= 11 is 1.57. The van der Waals surface area contributed by atoms with Crippen LogP contribution in [0.4, 0.5) is 5.69 Å². The van der Waals surface area contributed by atoms with E-state index < -0.39 is 5.97 Å². The molecule has 3 rings (SSSR count). The summed E-state index contributed by atoms with van der Waals surface area (Å²) in [6.07, 6.45) is 13.3. The Balaban J connectivity index is 1.70. The van der Waals surface area contributed by atoms with Crippen molar-refractivity contribution in [3.8, 4) is 6.07 Å². The molecule has 0 radical (unpaired) electrons. The molecule has 0 saturated carbocycles. The Bertz CT molecular complexity index is 1470. The van der Waals surface area contributed by atoms with Crippen LogP contribution in [0.25, 0.3) is 21.5 Å². The maximum Gasteiger partial charge on any atom is 0.346 e. The number of nitrogens with zero attached hydrogens (tertiary/aromatic N) is 2. The number of fused-ring (bicyclic) bond motifs is 2. The molecule has 0 atom stereocenters. The van der Waals surface area contributed by atoms with Gasteiger partial charge in [0.25, 0.3) is 0 Å². The molecule has 0 spiro atoms. The molecule has 0 bridgehead atoms. The number of unbranched alkanes of at least 4 members (excludes halogenated alkanes) is 2. The van der Waals surface area contributed by atoms with Crippen molar-refractivity contribution in [1.82, 2.24) is 0 Å². The van der Waals surface area contributed by atoms with Crippen LogP contribution < -0.4 is 4.90 Å². The van der Waals surface area contributed by atoms with Crippen molar-refractivity contribution in [2.45, 2.75) is 59.3 Å². The average molecular weight is 553 g/mol. The van der Waals surface area contributed by atoms with Gasteiger partial charge in [-0.05, 0) is 101 Å². The topological polar surface area (TPSA) is 64.3 Å². The van der Waals surface area contributed by atoms with E-state index >= 15 is 0 Å². The van der Waals surface area contributed by atoms with Crippen molar-refractivity contribution in [3.63, 3.8) is 0 Å². The highest BCUT2D eigenvalue weighted by Crippen LogP contribution is 2.31. The highest BCUT2D eigenvalue weighted by Gasteiger charge is 2.09. The third-order valence-corrected chi connectivity index (χ3v) is 8.01. The minimum absolute atomic E-state index is 0.300. The van der Waals surface area contributed by atoms with Gasteiger partial charge < -0.3 is 10.0 Å². The van der Waals surface area contributed by atoms with Crippen molar-refractivity contribution < 1.29 is 9.90 Å². The second-order valence-electron chi connectivity index (χ2n) is 9.94. The standard InChI is InChI=1S/C35H40N2O2S/c1-5-8-19-37(20-9-6-2)33-17-16-29-22-31-21-27(13-15-28(31)23-32(29)24-33)14-18-34(7-3)40-26(4)11-10-12-30(25-36)35(38)39/h7,10-13,15-17,21-24H,4-6,8-9,14,18-20H2,1-3H3,(H,38,39)/b11-10+,30-12+,34-7-. The number of carboxylic acids is 1. The van der Waals surface area contributed by atoms with E-state index in [0.717, 1.165) is 30.8 Å². The molecule has 3 aromatic rings. The molecule has 4 nitrogen and oxygen atoms in total. The molecular formula is C35H40N2O2S. The van der Waals surface area contributed by atoms with Gasteiger partial charge in [-0.2, -0.15) is 5.26 Å². The fourth-order valence-corrected chi connectivity index (χ4v) is 5.39. The zero-order valence-electron chi connectivity index (χ0n) is 24.0. The predicted octanol–water partition coefficient (Wildman–Crippen LogP) is 9.57. The summed E-state index contributed by atoms with van der Waals surface area (Å²) in [4.78, 5) is 15.5. The van der Waals surface area contributed by atoms with Crippen LogP contribution in [-0.4, -0.2) is 24.2 Å². The molecule has 0 aromatic heterocycles. The number of anilines is 1. The van der Waals surface area contributed by atoms with Crippen LogP contribution in [-0.2, 0) is 11.2 Å². The van der Waals surface area contributed by atoms with E-state index in [0.29, 0.717) is 0 Å². The molecular weight excluding hydrogens is 512 g/mol. The number of benzene rings is 3. The Kier molecular flexibility index (Phi) is 12.1. The first-order valence-electron chi connectivity index (χ1n) is 14.1. The van der Waals surface area contributed by atoms with Gasteiger partial charge in [-0.1, -0.05) is 81.4 Å². The van der Waals surface area contributed by atoms with Gasteiger partial charge in [0.1, 0.15) is 11.6 Å². The number of carbonyl (C=O) groups is 1. The smallest absolute Gasteiger partial charge is 0.346 e. The van der Waals surface area contributed by atoms with E-state index in [1.54, 1.807) is 30.0 Å². The SMILES string of the molecule is C=C(/C=C/C=C(\C#N)C(=O)O)S/C(=C\C)CCc1ccc2cc3cc(N(CCCC)CCCC)ccc3cc2c1. The van der Waals surface area contributed by atoms with Gasteiger partial charge >= 0.3 is 5.97 Å². The number of hydrogen-bond acceptors (Lipinski definition) is 4. The summed E-state index contributed by atoms with van der Waals surface area (Å²) < 4.78 is 0. The van der Waals surface area contributed by atoms with Crippen LogP contribution in [0.2, 0.25) is 0 Å². The van der Waals surface area contributed by atoms with E-state index in [2.05, 4.69) is 79.9 Å². The molecule has 3 aromatic carbocycles. The lowest BCUT2D eigenvalue weighted by Crippen LogP contribution is -2.25. The second kappa shape index (κ2) is 15.7. The first kappa shape index (κ1) is 30.8. The van der Waals surface area contributed by atoms with E-state index in [9.17, 15) is 4.79 Å². The van der Waals surface area contributed by atoms with Gasteiger partial charge in [0.05, 0.1) is 0 Å². The lowest BCUT2D eigenvalue weighted by Gasteiger charge is -2.25. The Hall–Kier alpha value is -3.75. The zero-order valence-corrected chi connectivity index (χ0v) is 24.8. The molecule has 1 N–H and O–H groups in total. The Morgan fingerprint density at radius 3 is 2.25 bits per heavy atom. The van der Waals surface area contributed by atoms with Gasteiger partial charge in [0.2, 0.25) is 0 Å². The third-order valence-electron chi connectivity index (χ3n) is 6.91. The minimum Gasteiger partial charge on any atom is -0.477 e. The van der Waals surface area contributed by atoms with Gasteiger partial charge in [-0.25, -0.2) is 4.79 Å². The molecule has 0 unspecified atom stereocenters. The number of hydrogen-bond donors (Lipinski definition) is 1. The maximum absolute atomic E-state index is 10.9. The summed E-state index contributed by atoms with van der Waals surface area (Å²) in [7, 11) is 0. The molecule has 40 heavy (non-hydrogen) atoms. The molecule has 5 heteroatoms. The Morgan fingerprint density at radius 1 is 1.00 bits per heavy atom. The third kappa shape index (κ3) is 8.89. The van der Waals surface area contributed by atoms with Crippen LogP contribution in [0.1, 0.15) is 58.4 Å². The lowest BCUT2D eigenvalue weighted by atomic mass is 9.99. The van der Waals surface area contributed by atoms with Gasteiger partial charge in [-0.15, -0.1) is 0 Å². The highest BCUT2D eigenvalue weighted by atomic mass is 32.2. The van der Waals surface area contributed by atoms with Crippen molar-refractivity contribution in [2.24, 2.45) is 0 Å². The number of thioether (sulfide) groups is 1. The molecule has 0 heterocycles. The van der Waals surface area contributed by atoms with Gasteiger partial charge in [0, 0.05) is 23.7 Å². The number of allylic oxidation sites excluding steroid dienone is 5. The minimum atomic E-state index is -1.23. The van der Waals surface area contributed by atoms with E-state index in [1.165, 1.54) is 69.5 Å². The maximum atomic E-state index is 10.9. The van der Waals surface area contributed by atoms with Crippen molar-refractivity contribution in [1.29, 1.82) is 5.26 Å². The van der Waals surface area contributed by atoms with Gasteiger partial charge in [-0.3, -0.25) is 0 Å². The van der Waals surface area contributed by atoms with Crippen molar-refractivity contribution in [3.05, 3.63) is 100 Å². The number of rotatable bonds is 15. The normalized spacial score (nSPS) is 12.2. The first-order valence-corrected chi connectivity index (χ1v) is 14.9. The summed E-state index contributed by atoms with van der Waals surface area (Å²) in [6.45, 7) is 12.8. The predicted molar refractivity (Wildman–Crippen MR) is 173 cm³/mol. The van der Waals surface area contributed by atoms with Crippen LogP contribution >= 0.6 is 11.8 Å². The fraction of sp³-hybridized carbons (Fsp3) is 0.314. The van der Waals surface area contributed by atoms with Crippen molar-refractivity contribution in [2.75, 3.05) is 18.0 Å². The Morgan fingerprint density at radius 2 is 1.65 bits per heavy atom. The van der Waals surface area contributed by atoms with Crippen molar-refractivity contribution >= 4 is 45.0 Å². The molecule has 0 aliphatic carbocycles. The van der Waals surface area contributed by atoms with Gasteiger partial charge in [0.15, 0.2) is 0 Å². The molecule has 0 saturated heterocycles. The first-order chi connectivity index (χ1) is 19.4. The monoisotopic (exact) mass is 552 g/mol. The van der Waals surface area contributed by atoms with Crippen LogP contribution in [0, 0.1) is 11.3 Å². The molecule has 0 fully saturated rings. The van der Waals surface area contributed by atoms with E-state index in [-0.39, 0.29) is 5.57 Å². The number of nitriles is 1. The fourth-order valence-electron chi connectivity index (χ4n) is 4.59. The summed E-state index contributed by atoms with van der Waals surface area (Å²) in [5, 5.41) is 22.9. The number of aliphatic carboxylic acids is 1. The van der Waals surface area contributed by atoms with E-state index in [4.69, 9.17) is 10.4 Å². The van der Waals surface area contributed by atoms with E-state index in [1.807, 2.05) is 6.92 Å². The van der Waals surface area contributed by atoms with Crippen LogP contribution in [0.3, 0.4) is 0 Å². The molecule has 208 valence electrons. The lowest BCUT2D eigenvalue weighted by molar-refractivity contribution is -0.132. The largest absolute Gasteiger partial charge is 0.477 e. The summed E-state index contributed by atoms with van der Waals surface area (Å²) in [5.74, 6) is -1.23. The van der Waals surface area contributed by atoms with Crippen LogP contribution in [0.5, 0.6) is 0 Å². The quantitative estimate of drug-likeness (QED) is 0.0880. The second-order valence-corrected chi connectivity index (χ2v) is 11.2. The Labute approximate surface area is 243 Å². The summed E-state index contributed by atoms with van der Waals surface area (Å²) in [5.41, 5.74) is 2.31. The molecule has 0 aliphatic heterocycles. The zero-order chi connectivity index (χ0) is 28.9. The summed E-state index contributed by atoms with van der Waals surface area (Å²) in [6, 6.07) is 19.9. The highest BCUT2D eigenvalue weighted by molar-refractivity contribution is 8.06. The number of carboxylic acid groups (broad SMARTS) is 1.